The first kappa shape index (κ1) is 13.9. The summed E-state index contributed by atoms with van der Waals surface area (Å²) in [5.41, 5.74) is 6.01. The predicted octanol–water partition coefficient (Wildman–Crippen LogP) is 2.52. The van der Waals surface area contributed by atoms with Gasteiger partial charge in [0.2, 0.25) is 0 Å². The number of hydrogen-bond donors (Lipinski definition) is 1. The molecule has 6 heteroatoms. The van der Waals surface area contributed by atoms with E-state index >= 15 is 0 Å². The van der Waals surface area contributed by atoms with E-state index in [9.17, 15) is 14.5 Å². The molecule has 104 valence electrons. The van der Waals surface area contributed by atoms with Crippen molar-refractivity contribution in [2.45, 2.75) is 44.4 Å². The van der Waals surface area contributed by atoms with Crippen molar-refractivity contribution in [1.82, 2.24) is 0 Å². The van der Waals surface area contributed by atoms with Crippen LogP contribution in [0.4, 0.5) is 10.1 Å². The molecule has 0 spiro atoms. The largest absolute Gasteiger partial charge is 0.373 e. The molecule has 0 amide bonds. The number of benzene rings is 1. The van der Waals surface area contributed by atoms with Crippen LogP contribution < -0.4 is 5.73 Å². The van der Waals surface area contributed by atoms with Crippen LogP contribution >= 0.6 is 0 Å². The van der Waals surface area contributed by atoms with Crippen molar-refractivity contribution >= 4 is 5.69 Å². The van der Waals surface area contributed by atoms with Gasteiger partial charge < -0.3 is 10.5 Å². The molecule has 2 atom stereocenters. The van der Waals surface area contributed by atoms with Crippen LogP contribution in [0.2, 0.25) is 0 Å². The lowest BCUT2D eigenvalue weighted by molar-refractivity contribution is -0.386. The average molecular weight is 268 g/mol. The molecule has 1 aromatic rings. The Bertz CT molecular complexity index is 467. The molecule has 0 aromatic heterocycles. The fourth-order valence-electron chi connectivity index (χ4n) is 2.39. The zero-order valence-electron chi connectivity index (χ0n) is 10.5. The monoisotopic (exact) mass is 268 g/mol. The van der Waals surface area contributed by atoms with Crippen molar-refractivity contribution in [3.05, 3.63) is 39.7 Å². The molecule has 1 fully saturated rings. The quantitative estimate of drug-likeness (QED) is 0.672. The van der Waals surface area contributed by atoms with E-state index in [0.717, 1.165) is 37.8 Å². The van der Waals surface area contributed by atoms with Gasteiger partial charge in [0.15, 0.2) is 0 Å². The van der Waals surface area contributed by atoms with Crippen molar-refractivity contribution < 1.29 is 14.1 Å². The second-order valence-electron chi connectivity index (χ2n) is 4.89. The third-order valence-corrected chi connectivity index (χ3v) is 3.38. The SMILES string of the molecule is NC1CCCC(OCc2cc(F)ccc2[N+](=O)[O-])C1. The molecule has 0 saturated heterocycles. The zero-order chi connectivity index (χ0) is 13.8. The first-order chi connectivity index (χ1) is 9.06. The molecule has 1 aliphatic rings. The number of nitro benzene ring substituents is 1. The van der Waals surface area contributed by atoms with Crippen molar-refractivity contribution in [2.75, 3.05) is 0 Å². The van der Waals surface area contributed by atoms with Gasteiger partial charge in [-0.05, 0) is 37.8 Å². The Morgan fingerprint density at radius 2 is 2.26 bits per heavy atom. The Morgan fingerprint density at radius 1 is 1.47 bits per heavy atom. The fourth-order valence-corrected chi connectivity index (χ4v) is 2.39. The highest BCUT2D eigenvalue weighted by atomic mass is 19.1. The summed E-state index contributed by atoms with van der Waals surface area (Å²) in [6.07, 6.45) is 3.64. The molecule has 0 heterocycles. The van der Waals surface area contributed by atoms with Gasteiger partial charge in [0, 0.05) is 12.1 Å². The van der Waals surface area contributed by atoms with Gasteiger partial charge in [-0.25, -0.2) is 4.39 Å². The van der Waals surface area contributed by atoms with E-state index < -0.39 is 10.7 Å². The minimum absolute atomic E-state index is 0.00613. The summed E-state index contributed by atoms with van der Waals surface area (Å²) in [7, 11) is 0. The van der Waals surface area contributed by atoms with E-state index in [2.05, 4.69) is 0 Å². The smallest absolute Gasteiger partial charge is 0.275 e. The van der Waals surface area contributed by atoms with E-state index in [1.54, 1.807) is 0 Å². The first-order valence-electron chi connectivity index (χ1n) is 6.36. The Morgan fingerprint density at radius 3 is 2.95 bits per heavy atom. The summed E-state index contributed by atoms with van der Waals surface area (Å²) >= 11 is 0. The van der Waals surface area contributed by atoms with Crippen LogP contribution in [0.1, 0.15) is 31.2 Å². The third-order valence-electron chi connectivity index (χ3n) is 3.38. The van der Waals surface area contributed by atoms with Gasteiger partial charge in [-0.2, -0.15) is 0 Å². The molecule has 1 aromatic carbocycles. The van der Waals surface area contributed by atoms with Crippen molar-refractivity contribution in [1.29, 1.82) is 0 Å². The van der Waals surface area contributed by atoms with Crippen molar-refractivity contribution in [2.24, 2.45) is 5.73 Å². The lowest BCUT2D eigenvalue weighted by Gasteiger charge is -2.26. The topological polar surface area (TPSA) is 78.4 Å². The summed E-state index contributed by atoms with van der Waals surface area (Å²) in [4.78, 5) is 10.3. The second-order valence-corrected chi connectivity index (χ2v) is 4.89. The zero-order valence-corrected chi connectivity index (χ0v) is 10.5. The van der Waals surface area contributed by atoms with E-state index in [1.807, 2.05) is 0 Å². The number of nitrogens with zero attached hydrogens (tertiary/aromatic N) is 1. The van der Waals surface area contributed by atoms with E-state index in [1.165, 1.54) is 6.07 Å². The van der Waals surface area contributed by atoms with Gasteiger partial charge in [-0.3, -0.25) is 10.1 Å². The van der Waals surface area contributed by atoms with Crippen LogP contribution in [-0.2, 0) is 11.3 Å². The highest BCUT2D eigenvalue weighted by Crippen LogP contribution is 2.24. The summed E-state index contributed by atoms with van der Waals surface area (Å²) in [5.74, 6) is -0.496. The maximum absolute atomic E-state index is 13.1. The van der Waals surface area contributed by atoms with Crippen LogP contribution in [0, 0.1) is 15.9 Å². The molecule has 2 unspecified atom stereocenters. The number of ether oxygens (including phenoxy) is 1. The number of nitrogens with two attached hydrogens (primary N) is 1. The number of rotatable bonds is 4. The minimum atomic E-state index is -0.523. The van der Waals surface area contributed by atoms with Gasteiger partial charge in [-0.15, -0.1) is 0 Å². The summed E-state index contributed by atoms with van der Waals surface area (Å²) in [5, 5.41) is 10.8. The summed E-state index contributed by atoms with van der Waals surface area (Å²) in [6, 6.07) is 3.53. The number of halogens is 1. The molecule has 0 aliphatic heterocycles. The highest BCUT2D eigenvalue weighted by molar-refractivity contribution is 5.39. The van der Waals surface area contributed by atoms with Gasteiger partial charge in [-0.1, -0.05) is 0 Å². The molecule has 2 rings (SSSR count). The Balaban J connectivity index is 2.02. The third kappa shape index (κ3) is 3.71. The maximum Gasteiger partial charge on any atom is 0.275 e. The van der Waals surface area contributed by atoms with Crippen LogP contribution in [0.25, 0.3) is 0 Å². The Hall–Kier alpha value is -1.53. The van der Waals surface area contributed by atoms with Crippen molar-refractivity contribution in [3.8, 4) is 0 Å². The van der Waals surface area contributed by atoms with Gasteiger partial charge >= 0.3 is 0 Å². The number of nitro groups is 1. The van der Waals surface area contributed by atoms with E-state index in [0.29, 0.717) is 0 Å². The Kier molecular flexibility index (Phi) is 4.44. The molecular weight excluding hydrogens is 251 g/mol. The lowest BCUT2D eigenvalue weighted by atomic mass is 9.93. The molecule has 1 saturated carbocycles. The second kappa shape index (κ2) is 6.08. The molecule has 1 aliphatic carbocycles. The molecule has 0 bridgehead atoms. The summed E-state index contributed by atoms with van der Waals surface area (Å²) < 4.78 is 18.8. The molecule has 5 nitrogen and oxygen atoms in total. The van der Waals surface area contributed by atoms with Crippen LogP contribution in [0.5, 0.6) is 0 Å². The maximum atomic E-state index is 13.1. The van der Waals surface area contributed by atoms with Crippen LogP contribution in [0.3, 0.4) is 0 Å². The van der Waals surface area contributed by atoms with Gasteiger partial charge in [0.1, 0.15) is 5.82 Å². The van der Waals surface area contributed by atoms with Crippen molar-refractivity contribution in [3.63, 3.8) is 0 Å². The van der Waals surface area contributed by atoms with Crippen LogP contribution in [-0.4, -0.2) is 17.1 Å². The summed E-state index contributed by atoms with van der Waals surface area (Å²) in [6.45, 7) is 0.0471. The van der Waals surface area contributed by atoms with Gasteiger partial charge in [0.05, 0.1) is 23.2 Å². The van der Waals surface area contributed by atoms with Gasteiger partial charge in [0.25, 0.3) is 5.69 Å². The predicted molar refractivity (Wildman–Crippen MR) is 68.1 cm³/mol. The standard InChI is InChI=1S/C13H17FN2O3/c14-10-4-5-13(16(17)18)9(6-10)8-19-12-3-1-2-11(15)7-12/h4-6,11-12H,1-3,7-8,15H2. The van der Waals surface area contributed by atoms with E-state index in [-0.39, 0.29) is 30.0 Å². The Labute approximate surface area is 110 Å². The number of hydrogen-bond acceptors (Lipinski definition) is 4. The first-order valence-corrected chi connectivity index (χ1v) is 6.36. The fraction of sp³-hybridized carbons (Fsp3) is 0.538. The molecule has 19 heavy (non-hydrogen) atoms. The lowest BCUT2D eigenvalue weighted by Crippen LogP contribution is -2.32. The minimum Gasteiger partial charge on any atom is -0.373 e. The average Bonchev–Trinajstić information content (AvgIpc) is 2.36. The molecule has 0 radical (unpaired) electrons. The molecular formula is C13H17FN2O3. The molecule has 2 N–H and O–H groups in total. The van der Waals surface area contributed by atoms with Crippen LogP contribution in [0.15, 0.2) is 18.2 Å². The normalized spacial score (nSPS) is 23.3. The van der Waals surface area contributed by atoms with E-state index in [4.69, 9.17) is 10.5 Å². The highest BCUT2D eigenvalue weighted by Gasteiger charge is 2.21.